The zero-order chi connectivity index (χ0) is 12.0. The Morgan fingerprint density at radius 2 is 2.19 bits per heavy atom. The number of carbonyl (C=O) groups excluding carboxylic acids is 1. The topological polar surface area (TPSA) is 26.3 Å². The van der Waals surface area contributed by atoms with Crippen LogP contribution in [-0.4, -0.2) is 12.6 Å². The lowest BCUT2D eigenvalue weighted by Crippen LogP contribution is -2.06. The Kier molecular flexibility index (Phi) is 5.46. The molecule has 1 aromatic carbocycles. The lowest BCUT2D eigenvalue weighted by Gasteiger charge is -2.07. The first kappa shape index (κ1) is 13.2. The van der Waals surface area contributed by atoms with Gasteiger partial charge in [-0.15, -0.1) is 0 Å². The highest BCUT2D eigenvalue weighted by Crippen LogP contribution is 2.19. The number of aryl methyl sites for hydroxylation is 1. The molecule has 0 unspecified atom stereocenters. The summed E-state index contributed by atoms with van der Waals surface area (Å²) in [5, 5.41) is 0. The minimum Gasteiger partial charge on any atom is -0.466 e. The van der Waals surface area contributed by atoms with Crippen LogP contribution in [0.5, 0.6) is 0 Å². The van der Waals surface area contributed by atoms with Crippen LogP contribution in [0.2, 0.25) is 0 Å². The molecule has 16 heavy (non-hydrogen) atoms. The van der Waals surface area contributed by atoms with E-state index in [2.05, 4.69) is 15.9 Å². The lowest BCUT2D eigenvalue weighted by molar-refractivity contribution is -0.143. The fourth-order valence-electron chi connectivity index (χ4n) is 1.43. The van der Waals surface area contributed by atoms with Crippen molar-refractivity contribution in [2.24, 2.45) is 0 Å². The van der Waals surface area contributed by atoms with Gasteiger partial charge in [-0.2, -0.15) is 0 Å². The van der Waals surface area contributed by atoms with E-state index < -0.39 is 6.67 Å². The van der Waals surface area contributed by atoms with E-state index in [1.165, 1.54) is 0 Å². The molecule has 0 spiro atoms. The van der Waals surface area contributed by atoms with Crippen LogP contribution in [0.1, 0.15) is 24.5 Å². The fourth-order valence-corrected chi connectivity index (χ4v) is 1.84. The summed E-state index contributed by atoms with van der Waals surface area (Å²) in [6.07, 6.45) is 0.813. The van der Waals surface area contributed by atoms with E-state index in [9.17, 15) is 9.18 Å². The minimum absolute atomic E-state index is 0.241. The zero-order valence-electron chi connectivity index (χ0n) is 9.13. The van der Waals surface area contributed by atoms with E-state index in [0.717, 1.165) is 10.0 Å². The Labute approximate surface area is 103 Å². The second kappa shape index (κ2) is 6.63. The van der Waals surface area contributed by atoms with Gasteiger partial charge in [0.2, 0.25) is 0 Å². The molecular formula is C12H14BrFO2. The average Bonchev–Trinajstić information content (AvgIpc) is 2.27. The molecular weight excluding hydrogens is 275 g/mol. The van der Waals surface area contributed by atoms with Gasteiger partial charge >= 0.3 is 5.97 Å². The molecule has 88 valence electrons. The molecule has 0 heterocycles. The largest absolute Gasteiger partial charge is 0.466 e. The Morgan fingerprint density at radius 1 is 1.44 bits per heavy atom. The molecule has 0 amide bonds. The SMILES string of the molecule is CCOC(=O)CCc1ccc(Br)cc1CF. The monoisotopic (exact) mass is 288 g/mol. The van der Waals surface area contributed by atoms with Gasteiger partial charge in [0.05, 0.1) is 6.61 Å². The normalized spacial score (nSPS) is 10.2. The zero-order valence-corrected chi connectivity index (χ0v) is 10.7. The van der Waals surface area contributed by atoms with E-state index in [1.807, 2.05) is 12.1 Å². The lowest BCUT2D eigenvalue weighted by atomic mass is 10.0. The summed E-state index contributed by atoms with van der Waals surface area (Å²) < 4.78 is 18.4. The quantitative estimate of drug-likeness (QED) is 0.776. The van der Waals surface area contributed by atoms with E-state index in [-0.39, 0.29) is 5.97 Å². The number of hydrogen-bond acceptors (Lipinski definition) is 2. The Balaban J connectivity index is 2.63. The number of alkyl halides is 1. The highest BCUT2D eigenvalue weighted by molar-refractivity contribution is 9.10. The maximum absolute atomic E-state index is 12.7. The molecule has 0 N–H and O–H groups in total. The maximum atomic E-state index is 12.7. The standard InChI is InChI=1S/C12H14BrFO2/c1-2-16-12(15)6-4-9-3-5-11(13)7-10(9)8-14/h3,5,7H,2,4,6,8H2,1H3. The smallest absolute Gasteiger partial charge is 0.306 e. The van der Waals surface area contributed by atoms with Crippen molar-refractivity contribution in [3.05, 3.63) is 33.8 Å². The molecule has 1 rings (SSSR count). The van der Waals surface area contributed by atoms with Gasteiger partial charge in [0, 0.05) is 10.9 Å². The summed E-state index contributed by atoms with van der Waals surface area (Å²) >= 11 is 3.28. The van der Waals surface area contributed by atoms with Gasteiger partial charge in [-0.1, -0.05) is 22.0 Å². The molecule has 0 fully saturated rings. The van der Waals surface area contributed by atoms with Crippen LogP contribution in [0.3, 0.4) is 0 Å². The number of benzene rings is 1. The maximum Gasteiger partial charge on any atom is 0.306 e. The average molecular weight is 289 g/mol. The van der Waals surface area contributed by atoms with E-state index in [4.69, 9.17) is 4.74 Å². The third kappa shape index (κ3) is 3.93. The second-order valence-corrected chi connectivity index (χ2v) is 4.27. The molecule has 0 aliphatic rings. The van der Waals surface area contributed by atoms with Crippen molar-refractivity contribution in [2.75, 3.05) is 6.61 Å². The molecule has 1 aromatic rings. The molecule has 0 aliphatic heterocycles. The van der Waals surface area contributed by atoms with Crippen LogP contribution in [0.25, 0.3) is 0 Å². The number of halogens is 2. The summed E-state index contributed by atoms with van der Waals surface area (Å²) in [6.45, 7) is 1.64. The van der Waals surface area contributed by atoms with Crippen molar-refractivity contribution in [1.82, 2.24) is 0 Å². The summed E-state index contributed by atoms with van der Waals surface area (Å²) in [7, 11) is 0. The predicted octanol–water partition coefficient (Wildman–Crippen LogP) is 3.41. The number of esters is 1. The molecule has 0 radical (unpaired) electrons. The Bertz CT molecular complexity index is 366. The van der Waals surface area contributed by atoms with E-state index >= 15 is 0 Å². The van der Waals surface area contributed by atoms with Gasteiger partial charge in [0.1, 0.15) is 6.67 Å². The van der Waals surface area contributed by atoms with Crippen LogP contribution in [0, 0.1) is 0 Å². The molecule has 0 aromatic heterocycles. The first-order chi connectivity index (χ1) is 7.67. The van der Waals surface area contributed by atoms with Crippen LogP contribution in [0.15, 0.2) is 22.7 Å². The highest BCUT2D eigenvalue weighted by atomic mass is 79.9. The highest BCUT2D eigenvalue weighted by Gasteiger charge is 2.07. The first-order valence-electron chi connectivity index (χ1n) is 5.16. The third-order valence-corrected chi connectivity index (χ3v) is 2.71. The third-order valence-electron chi connectivity index (χ3n) is 2.22. The van der Waals surface area contributed by atoms with Gasteiger partial charge in [-0.3, -0.25) is 4.79 Å². The van der Waals surface area contributed by atoms with Crippen LogP contribution in [0.4, 0.5) is 4.39 Å². The number of hydrogen-bond donors (Lipinski definition) is 0. The number of carbonyl (C=O) groups is 1. The van der Waals surface area contributed by atoms with Crippen LogP contribution >= 0.6 is 15.9 Å². The van der Waals surface area contributed by atoms with E-state index in [0.29, 0.717) is 25.0 Å². The Hall–Kier alpha value is -0.900. The van der Waals surface area contributed by atoms with Gasteiger partial charge in [-0.05, 0) is 36.6 Å². The van der Waals surface area contributed by atoms with Crippen molar-refractivity contribution in [3.63, 3.8) is 0 Å². The molecule has 0 saturated heterocycles. The van der Waals surface area contributed by atoms with Crippen molar-refractivity contribution >= 4 is 21.9 Å². The molecule has 0 saturated carbocycles. The van der Waals surface area contributed by atoms with Crippen molar-refractivity contribution < 1.29 is 13.9 Å². The molecule has 2 nitrogen and oxygen atoms in total. The number of rotatable bonds is 5. The Morgan fingerprint density at radius 3 is 2.81 bits per heavy atom. The predicted molar refractivity (Wildman–Crippen MR) is 63.9 cm³/mol. The van der Waals surface area contributed by atoms with Gasteiger partial charge in [-0.25, -0.2) is 4.39 Å². The molecule has 0 bridgehead atoms. The molecule has 4 heteroatoms. The van der Waals surface area contributed by atoms with E-state index in [1.54, 1.807) is 13.0 Å². The minimum atomic E-state index is -0.516. The molecule has 0 atom stereocenters. The van der Waals surface area contributed by atoms with Crippen LogP contribution in [-0.2, 0) is 22.6 Å². The van der Waals surface area contributed by atoms with Crippen molar-refractivity contribution in [3.8, 4) is 0 Å². The van der Waals surface area contributed by atoms with Gasteiger partial charge < -0.3 is 4.74 Å². The van der Waals surface area contributed by atoms with Gasteiger partial charge in [0.15, 0.2) is 0 Å². The van der Waals surface area contributed by atoms with Crippen molar-refractivity contribution in [2.45, 2.75) is 26.4 Å². The summed E-state index contributed by atoms with van der Waals surface area (Å²) in [5.41, 5.74) is 1.48. The first-order valence-corrected chi connectivity index (χ1v) is 5.95. The summed E-state index contributed by atoms with van der Waals surface area (Å²) in [5.74, 6) is -0.241. The number of ether oxygens (including phenoxy) is 1. The van der Waals surface area contributed by atoms with Crippen LogP contribution < -0.4 is 0 Å². The summed E-state index contributed by atoms with van der Waals surface area (Å²) in [4.78, 5) is 11.2. The fraction of sp³-hybridized carbons (Fsp3) is 0.417. The van der Waals surface area contributed by atoms with Crippen molar-refractivity contribution in [1.29, 1.82) is 0 Å². The second-order valence-electron chi connectivity index (χ2n) is 3.35. The van der Waals surface area contributed by atoms with Gasteiger partial charge in [0.25, 0.3) is 0 Å². The molecule has 0 aliphatic carbocycles. The summed E-state index contributed by atoms with van der Waals surface area (Å²) in [6, 6.07) is 5.42.